The summed E-state index contributed by atoms with van der Waals surface area (Å²) in [4.78, 5) is 12.3. The SMILES string of the molecule is C/C(N)=N/N=C(\C)c1ccc(NC(=O)Nc2ccc(/C(=N/N=C(N)N)C(C)C)cc2)cc1. The summed E-state index contributed by atoms with van der Waals surface area (Å²) in [7, 11) is 0. The van der Waals surface area contributed by atoms with Crippen molar-refractivity contribution in [2.45, 2.75) is 27.7 Å². The van der Waals surface area contributed by atoms with Crippen LogP contribution in [0.5, 0.6) is 0 Å². The molecule has 0 atom stereocenters. The number of anilines is 2. The first-order valence-electron chi connectivity index (χ1n) is 9.95. The Morgan fingerprint density at radius 1 is 0.750 bits per heavy atom. The molecule has 168 valence electrons. The van der Waals surface area contributed by atoms with E-state index in [0.717, 1.165) is 22.6 Å². The second-order valence-electron chi connectivity index (χ2n) is 7.33. The maximum absolute atomic E-state index is 12.3. The minimum Gasteiger partial charge on any atom is -0.386 e. The van der Waals surface area contributed by atoms with Gasteiger partial charge in [-0.05, 0) is 55.2 Å². The third kappa shape index (κ3) is 7.56. The lowest BCUT2D eigenvalue weighted by atomic mass is 10.00. The second-order valence-corrected chi connectivity index (χ2v) is 7.33. The zero-order valence-electron chi connectivity index (χ0n) is 18.6. The molecular formula is C22H29N9O. The van der Waals surface area contributed by atoms with E-state index in [1.54, 1.807) is 31.2 Å². The fraction of sp³-hybridized carbons (Fsp3) is 0.227. The van der Waals surface area contributed by atoms with Crippen LogP contribution in [0.25, 0.3) is 0 Å². The molecule has 0 saturated heterocycles. The predicted molar refractivity (Wildman–Crippen MR) is 132 cm³/mol. The molecule has 2 aromatic carbocycles. The van der Waals surface area contributed by atoms with Gasteiger partial charge in [-0.3, -0.25) is 0 Å². The largest absolute Gasteiger partial charge is 0.386 e. The highest BCUT2D eigenvalue weighted by Gasteiger charge is 2.10. The Hall–Kier alpha value is -4.21. The summed E-state index contributed by atoms with van der Waals surface area (Å²) in [6, 6.07) is 14.1. The number of nitrogens with two attached hydrogens (primary N) is 3. The monoisotopic (exact) mass is 435 g/mol. The average molecular weight is 436 g/mol. The molecule has 2 amide bonds. The van der Waals surface area contributed by atoms with E-state index in [1.807, 2.05) is 45.0 Å². The summed E-state index contributed by atoms with van der Waals surface area (Å²) in [6.07, 6.45) is 0. The third-order valence-corrected chi connectivity index (χ3v) is 4.18. The molecule has 2 rings (SSSR count). The molecule has 0 radical (unpaired) electrons. The summed E-state index contributed by atoms with van der Waals surface area (Å²) in [5, 5.41) is 21.3. The molecule has 0 fully saturated rings. The van der Waals surface area contributed by atoms with Crippen molar-refractivity contribution >= 4 is 40.6 Å². The highest BCUT2D eigenvalue weighted by Crippen LogP contribution is 2.16. The Kier molecular flexibility index (Phi) is 8.46. The number of amidine groups is 1. The van der Waals surface area contributed by atoms with Gasteiger partial charge in [0.1, 0.15) is 5.84 Å². The maximum atomic E-state index is 12.3. The number of nitrogens with one attached hydrogen (secondary N) is 2. The van der Waals surface area contributed by atoms with Gasteiger partial charge in [-0.2, -0.15) is 10.2 Å². The van der Waals surface area contributed by atoms with Crippen molar-refractivity contribution in [2.24, 2.45) is 43.5 Å². The van der Waals surface area contributed by atoms with Gasteiger partial charge in [0.05, 0.1) is 11.4 Å². The van der Waals surface area contributed by atoms with Gasteiger partial charge in [0.15, 0.2) is 0 Å². The highest BCUT2D eigenvalue weighted by molar-refractivity contribution is 6.04. The average Bonchev–Trinajstić information content (AvgIpc) is 2.73. The molecule has 0 aliphatic heterocycles. The minimum atomic E-state index is -0.363. The topological polar surface area (TPSA) is 169 Å². The fourth-order valence-electron chi connectivity index (χ4n) is 2.64. The van der Waals surface area contributed by atoms with Gasteiger partial charge in [0, 0.05) is 11.4 Å². The molecule has 8 N–H and O–H groups in total. The lowest BCUT2D eigenvalue weighted by molar-refractivity contribution is 0.262. The Morgan fingerprint density at radius 2 is 1.25 bits per heavy atom. The summed E-state index contributed by atoms with van der Waals surface area (Å²) in [5.74, 6) is 0.393. The molecule has 0 aliphatic carbocycles. The Bertz CT molecular complexity index is 1040. The van der Waals surface area contributed by atoms with Crippen molar-refractivity contribution in [3.05, 3.63) is 59.7 Å². The van der Waals surface area contributed by atoms with Crippen molar-refractivity contribution in [3.8, 4) is 0 Å². The van der Waals surface area contributed by atoms with E-state index in [4.69, 9.17) is 17.2 Å². The second kappa shape index (κ2) is 11.3. The molecule has 0 aromatic heterocycles. The van der Waals surface area contributed by atoms with E-state index in [-0.39, 0.29) is 17.9 Å². The van der Waals surface area contributed by atoms with Gasteiger partial charge in [-0.25, -0.2) is 4.79 Å². The lowest BCUT2D eigenvalue weighted by Crippen LogP contribution is -2.22. The predicted octanol–water partition coefficient (Wildman–Crippen LogP) is 3.07. The number of guanidine groups is 1. The smallest absolute Gasteiger partial charge is 0.323 e. The van der Waals surface area contributed by atoms with E-state index in [9.17, 15) is 4.79 Å². The molecule has 2 aromatic rings. The van der Waals surface area contributed by atoms with Gasteiger partial charge >= 0.3 is 6.03 Å². The minimum absolute atomic E-state index is 0.104. The van der Waals surface area contributed by atoms with Crippen molar-refractivity contribution in [2.75, 3.05) is 10.6 Å². The van der Waals surface area contributed by atoms with Crippen LogP contribution >= 0.6 is 0 Å². The summed E-state index contributed by atoms with van der Waals surface area (Å²) in [6.45, 7) is 7.48. The zero-order valence-corrected chi connectivity index (χ0v) is 18.6. The number of carbonyl (C=O) groups is 1. The molecule has 32 heavy (non-hydrogen) atoms. The molecule has 0 bridgehead atoms. The van der Waals surface area contributed by atoms with Gasteiger partial charge < -0.3 is 27.8 Å². The quantitative estimate of drug-likeness (QED) is 0.256. The van der Waals surface area contributed by atoms with Crippen LogP contribution < -0.4 is 27.8 Å². The highest BCUT2D eigenvalue weighted by atomic mass is 16.2. The van der Waals surface area contributed by atoms with Crippen LogP contribution in [-0.2, 0) is 0 Å². The van der Waals surface area contributed by atoms with Crippen molar-refractivity contribution in [1.29, 1.82) is 0 Å². The van der Waals surface area contributed by atoms with Crippen molar-refractivity contribution < 1.29 is 4.79 Å². The fourth-order valence-corrected chi connectivity index (χ4v) is 2.64. The van der Waals surface area contributed by atoms with Gasteiger partial charge in [-0.15, -0.1) is 10.2 Å². The van der Waals surface area contributed by atoms with Crippen molar-refractivity contribution in [1.82, 2.24) is 0 Å². The van der Waals surface area contributed by atoms with E-state index < -0.39 is 0 Å². The van der Waals surface area contributed by atoms with Crippen molar-refractivity contribution in [3.63, 3.8) is 0 Å². The first-order valence-corrected chi connectivity index (χ1v) is 9.95. The van der Waals surface area contributed by atoms with Gasteiger partial charge in [0.25, 0.3) is 0 Å². The summed E-state index contributed by atoms with van der Waals surface area (Å²) >= 11 is 0. The molecule has 0 unspecified atom stereocenters. The van der Waals surface area contributed by atoms with E-state index in [0.29, 0.717) is 17.2 Å². The molecule has 0 saturated carbocycles. The maximum Gasteiger partial charge on any atom is 0.323 e. The number of rotatable bonds is 7. The normalized spacial score (nSPS) is 12.5. The standard InChI is InChI=1S/C22H29N9O/c1-13(2)20(30-31-21(24)25)17-7-11-19(12-8-17)27-22(32)26-18-9-5-16(6-10-18)14(3)28-29-15(4)23/h5-13H,1-4H3,(H2,23,29)(H4,24,25,31)(H2,26,27,32)/b28-14+,30-20+. The van der Waals surface area contributed by atoms with E-state index >= 15 is 0 Å². The van der Waals surface area contributed by atoms with Crippen LogP contribution in [0.4, 0.5) is 16.2 Å². The number of hydrogen-bond donors (Lipinski definition) is 5. The van der Waals surface area contributed by atoms with E-state index in [2.05, 4.69) is 31.0 Å². The number of nitrogens with zero attached hydrogens (tertiary/aromatic N) is 4. The number of hydrogen-bond acceptors (Lipinski definition) is 5. The Morgan fingerprint density at radius 3 is 1.69 bits per heavy atom. The van der Waals surface area contributed by atoms with Crippen LogP contribution in [0.2, 0.25) is 0 Å². The Balaban J connectivity index is 2.03. The number of amides is 2. The van der Waals surface area contributed by atoms with Crippen LogP contribution in [0.3, 0.4) is 0 Å². The molecule has 0 heterocycles. The van der Waals surface area contributed by atoms with Crippen LogP contribution in [0, 0.1) is 5.92 Å². The lowest BCUT2D eigenvalue weighted by Gasteiger charge is -2.11. The number of carbonyl (C=O) groups excluding carboxylic acids is 1. The Labute approximate surface area is 187 Å². The molecule has 10 nitrogen and oxygen atoms in total. The first kappa shape index (κ1) is 24.1. The summed E-state index contributed by atoms with van der Waals surface area (Å²) < 4.78 is 0. The van der Waals surface area contributed by atoms with Gasteiger partial charge in [-0.1, -0.05) is 38.1 Å². The molecule has 0 spiro atoms. The first-order chi connectivity index (χ1) is 15.2. The molecular weight excluding hydrogens is 406 g/mol. The molecule has 0 aliphatic rings. The molecule has 10 heteroatoms. The van der Waals surface area contributed by atoms with Gasteiger partial charge in [0.2, 0.25) is 5.96 Å². The number of urea groups is 1. The van der Waals surface area contributed by atoms with E-state index in [1.165, 1.54) is 0 Å². The van der Waals surface area contributed by atoms with Crippen LogP contribution in [-0.4, -0.2) is 29.2 Å². The number of benzene rings is 2. The third-order valence-electron chi connectivity index (χ3n) is 4.18. The van der Waals surface area contributed by atoms with Crippen LogP contribution in [0.1, 0.15) is 38.8 Å². The zero-order chi connectivity index (χ0) is 23.7. The van der Waals surface area contributed by atoms with Crippen LogP contribution in [0.15, 0.2) is 68.9 Å². The summed E-state index contributed by atoms with van der Waals surface area (Å²) in [5.41, 5.74) is 20.7.